The van der Waals surface area contributed by atoms with Gasteiger partial charge in [-0.25, -0.2) is 4.79 Å². The lowest BCUT2D eigenvalue weighted by atomic mass is 10.0. The van der Waals surface area contributed by atoms with Gasteiger partial charge in [-0.3, -0.25) is 4.79 Å². The summed E-state index contributed by atoms with van der Waals surface area (Å²) in [6.07, 6.45) is 1.57. The Kier molecular flexibility index (Phi) is 6.03. The molecule has 0 unspecified atom stereocenters. The lowest BCUT2D eigenvalue weighted by Gasteiger charge is -2.18. The molecule has 0 saturated carbocycles. The molecular weight excluding hydrogens is 258 g/mol. The van der Waals surface area contributed by atoms with E-state index in [1.54, 1.807) is 12.1 Å². The van der Waals surface area contributed by atoms with Gasteiger partial charge in [-0.2, -0.15) is 0 Å². The van der Waals surface area contributed by atoms with Crippen molar-refractivity contribution in [1.82, 2.24) is 5.32 Å². The van der Waals surface area contributed by atoms with Crippen LogP contribution in [-0.2, 0) is 16.0 Å². The predicted molar refractivity (Wildman–Crippen MR) is 75.4 cm³/mol. The number of carbonyl (C=O) groups is 2. The van der Waals surface area contributed by atoms with Gasteiger partial charge in [-0.1, -0.05) is 26.0 Å². The van der Waals surface area contributed by atoms with Gasteiger partial charge < -0.3 is 15.5 Å². The number of rotatable bonds is 7. The van der Waals surface area contributed by atoms with Crippen LogP contribution in [-0.4, -0.2) is 28.1 Å². The van der Waals surface area contributed by atoms with E-state index < -0.39 is 12.0 Å². The first-order chi connectivity index (χ1) is 9.47. The average Bonchev–Trinajstić information content (AvgIpc) is 2.41. The normalized spacial score (nSPS) is 12.2. The van der Waals surface area contributed by atoms with E-state index in [0.717, 1.165) is 5.56 Å². The smallest absolute Gasteiger partial charge is 0.326 e. The van der Waals surface area contributed by atoms with Crippen LogP contribution in [0.1, 0.15) is 32.3 Å². The lowest BCUT2D eigenvalue weighted by Crippen LogP contribution is -2.44. The van der Waals surface area contributed by atoms with E-state index in [9.17, 15) is 19.8 Å². The van der Waals surface area contributed by atoms with Gasteiger partial charge in [-0.15, -0.1) is 0 Å². The van der Waals surface area contributed by atoms with Crippen molar-refractivity contribution in [2.24, 2.45) is 5.92 Å². The highest BCUT2D eigenvalue weighted by molar-refractivity contribution is 5.85. The van der Waals surface area contributed by atoms with Crippen molar-refractivity contribution in [1.29, 1.82) is 0 Å². The van der Waals surface area contributed by atoms with Crippen LogP contribution in [0.5, 0.6) is 5.75 Å². The standard InChI is InChI=1S/C15H21NO4/c1-3-11(4-2)14(18)16-13(15(19)20)9-10-5-7-12(17)8-6-10/h5-8,11,13,17H,3-4,9H2,1-2H3,(H,16,18)(H,19,20)/t13-/m0/s1. The first-order valence-corrected chi connectivity index (χ1v) is 6.79. The Morgan fingerprint density at radius 2 is 1.70 bits per heavy atom. The summed E-state index contributed by atoms with van der Waals surface area (Å²) in [7, 11) is 0. The van der Waals surface area contributed by atoms with Crippen molar-refractivity contribution in [3.63, 3.8) is 0 Å². The van der Waals surface area contributed by atoms with Crippen LogP contribution in [0.3, 0.4) is 0 Å². The highest BCUT2D eigenvalue weighted by Crippen LogP contribution is 2.13. The Bertz CT molecular complexity index is 451. The fourth-order valence-electron chi connectivity index (χ4n) is 2.02. The predicted octanol–water partition coefficient (Wildman–Crippen LogP) is 1.94. The highest BCUT2D eigenvalue weighted by atomic mass is 16.4. The van der Waals surface area contributed by atoms with Gasteiger partial charge in [0, 0.05) is 12.3 Å². The number of carboxylic acid groups (broad SMARTS) is 1. The van der Waals surface area contributed by atoms with Gasteiger partial charge in [-0.05, 0) is 30.5 Å². The van der Waals surface area contributed by atoms with Gasteiger partial charge in [0.2, 0.25) is 5.91 Å². The summed E-state index contributed by atoms with van der Waals surface area (Å²) in [5.41, 5.74) is 0.750. The molecule has 5 nitrogen and oxygen atoms in total. The molecule has 3 N–H and O–H groups in total. The fourth-order valence-corrected chi connectivity index (χ4v) is 2.02. The maximum absolute atomic E-state index is 12.0. The van der Waals surface area contributed by atoms with Crippen molar-refractivity contribution < 1.29 is 19.8 Å². The average molecular weight is 279 g/mol. The number of phenols is 1. The van der Waals surface area contributed by atoms with Crippen LogP contribution in [0.2, 0.25) is 0 Å². The van der Waals surface area contributed by atoms with Crippen molar-refractivity contribution >= 4 is 11.9 Å². The first-order valence-electron chi connectivity index (χ1n) is 6.79. The number of carboxylic acids is 1. The second kappa shape index (κ2) is 7.53. The maximum atomic E-state index is 12.0. The third kappa shape index (κ3) is 4.57. The molecule has 0 fully saturated rings. The molecule has 0 aliphatic carbocycles. The second-order valence-electron chi connectivity index (χ2n) is 4.78. The Morgan fingerprint density at radius 1 is 1.15 bits per heavy atom. The molecule has 0 radical (unpaired) electrons. The Balaban J connectivity index is 2.72. The summed E-state index contributed by atoms with van der Waals surface area (Å²) < 4.78 is 0. The zero-order valence-electron chi connectivity index (χ0n) is 11.8. The second-order valence-corrected chi connectivity index (χ2v) is 4.78. The van der Waals surface area contributed by atoms with Crippen LogP contribution < -0.4 is 5.32 Å². The Hall–Kier alpha value is -2.04. The van der Waals surface area contributed by atoms with E-state index in [4.69, 9.17) is 0 Å². The van der Waals surface area contributed by atoms with Gasteiger partial charge in [0.15, 0.2) is 0 Å². The summed E-state index contributed by atoms with van der Waals surface area (Å²) in [6.45, 7) is 3.81. The quantitative estimate of drug-likeness (QED) is 0.712. The fraction of sp³-hybridized carbons (Fsp3) is 0.467. The van der Waals surface area contributed by atoms with E-state index >= 15 is 0 Å². The van der Waals surface area contributed by atoms with Gasteiger partial charge in [0.1, 0.15) is 11.8 Å². The van der Waals surface area contributed by atoms with E-state index in [2.05, 4.69) is 5.32 Å². The van der Waals surface area contributed by atoms with E-state index in [0.29, 0.717) is 12.8 Å². The number of benzene rings is 1. The molecule has 0 spiro atoms. The van der Waals surface area contributed by atoms with E-state index in [-0.39, 0.29) is 24.0 Å². The molecule has 0 saturated heterocycles. The van der Waals surface area contributed by atoms with Crippen LogP contribution in [0.25, 0.3) is 0 Å². The molecule has 1 atom stereocenters. The van der Waals surface area contributed by atoms with E-state index in [1.807, 2.05) is 13.8 Å². The Labute approximate surface area is 118 Å². The van der Waals surface area contributed by atoms with Crippen LogP contribution in [0.4, 0.5) is 0 Å². The molecule has 20 heavy (non-hydrogen) atoms. The summed E-state index contributed by atoms with van der Waals surface area (Å²) in [5, 5.41) is 21.0. The number of hydrogen-bond donors (Lipinski definition) is 3. The van der Waals surface area contributed by atoms with Crippen molar-refractivity contribution in [2.45, 2.75) is 39.2 Å². The summed E-state index contributed by atoms with van der Waals surface area (Å²) in [6, 6.07) is 5.34. The molecule has 1 aromatic carbocycles. The van der Waals surface area contributed by atoms with Crippen molar-refractivity contribution in [3.8, 4) is 5.75 Å². The monoisotopic (exact) mass is 279 g/mol. The summed E-state index contributed by atoms with van der Waals surface area (Å²) in [5.74, 6) is -1.31. The highest BCUT2D eigenvalue weighted by Gasteiger charge is 2.23. The molecule has 0 heterocycles. The minimum absolute atomic E-state index is 0.127. The minimum atomic E-state index is -1.06. The molecule has 1 aromatic rings. The third-order valence-electron chi connectivity index (χ3n) is 3.35. The number of nitrogens with one attached hydrogen (secondary N) is 1. The summed E-state index contributed by atoms with van der Waals surface area (Å²) >= 11 is 0. The lowest BCUT2D eigenvalue weighted by molar-refractivity contribution is -0.142. The minimum Gasteiger partial charge on any atom is -0.508 e. The molecule has 0 aromatic heterocycles. The van der Waals surface area contributed by atoms with Crippen molar-refractivity contribution in [3.05, 3.63) is 29.8 Å². The zero-order valence-corrected chi connectivity index (χ0v) is 11.8. The zero-order chi connectivity index (χ0) is 15.1. The molecule has 0 aliphatic rings. The molecule has 110 valence electrons. The van der Waals surface area contributed by atoms with Crippen molar-refractivity contribution in [2.75, 3.05) is 0 Å². The van der Waals surface area contributed by atoms with Crippen LogP contribution in [0.15, 0.2) is 24.3 Å². The third-order valence-corrected chi connectivity index (χ3v) is 3.35. The maximum Gasteiger partial charge on any atom is 0.326 e. The largest absolute Gasteiger partial charge is 0.508 e. The molecule has 0 bridgehead atoms. The molecule has 5 heteroatoms. The molecule has 0 aliphatic heterocycles. The topological polar surface area (TPSA) is 86.6 Å². The Morgan fingerprint density at radius 3 is 2.15 bits per heavy atom. The van der Waals surface area contributed by atoms with E-state index in [1.165, 1.54) is 12.1 Å². The molecule has 1 amide bonds. The molecular formula is C15H21NO4. The number of aromatic hydroxyl groups is 1. The number of phenolic OH excluding ortho intramolecular Hbond substituents is 1. The van der Waals surface area contributed by atoms with Gasteiger partial charge >= 0.3 is 5.97 Å². The first kappa shape index (κ1) is 16.0. The van der Waals surface area contributed by atoms with Gasteiger partial charge in [0.25, 0.3) is 0 Å². The molecule has 1 rings (SSSR count). The summed E-state index contributed by atoms with van der Waals surface area (Å²) in [4.78, 5) is 23.2. The van der Waals surface area contributed by atoms with Crippen LogP contribution in [0, 0.1) is 5.92 Å². The van der Waals surface area contributed by atoms with Gasteiger partial charge in [0.05, 0.1) is 0 Å². The number of amides is 1. The number of aliphatic carboxylic acids is 1. The SMILES string of the molecule is CCC(CC)C(=O)N[C@@H](Cc1ccc(O)cc1)C(=O)O. The number of carbonyl (C=O) groups excluding carboxylic acids is 1. The van der Waals surface area contributed by atoms with Crippen LogP contribution >= 0.6 is 0 Å². The number of hydrogen-bond acceptors (Lipinski definition) is 3.